The zero-order chi connectivity index (χ0) is 11.4. The van der Waals surface area contributed by atoms with Crippen LogP contribution in [0.15, 0.2) is 41.3 Å². The van der Waals surface area contributed by atoms with Crippen molar-refractivity contribution in [2.24, 2.45) is 0 Å². The van der Waals surface area contributed by atoms with Crippen molar-refractivity contribution in [3.63, 3.8) is 0 Å². The van der Waals surface area contributed by atoms with Gasteiger partial charge in [-0.05, 0) is 40.5 Å². The third-order valence-corrected chi connectivity index (χ3v) is 2.86. The fraction of sp³-hybridized carbons (Fsp3) is 0.167. The number of halogens is 1. The molecular weight excluding hydrogens is 266 g/mol. The lowest BCUT2D eigenvalue weighted by atomic mass is 10.2. The van der Waals surface area contributed by atoms with Gasteiger partial charge in [0.1, 0.15) is 0 Å². The van der Waals surface area contributed by atoms with E-state index in [9.17, 15) is 0 Å². The van der Waals surface area contributed by atoms with Gasteiger partial charge >= 0.3 is 0 Å². The molecule has 0 aliphatic carbocycles. The van der Waals surface area contributed by atoms with Crippen molar-refractivity contribution >= 4 is 21.6 Å². The molecule has 16 heavy (non-hydrogen) atoms. The quantitative estimate of drug-likeness (QED) is 0.937. The first-order valence-electron chi connectivity index (χ1n) is 5.00. The summed E-state index contributed by atoms with van der Waals surface area (Å²) in [5.74, 6) is 0. The number of nitrogens with one attached hydrogen (secondary N) is 1. The summed E-state index contributed by atoms with van der Waals surface area (Å²) >= 11 is 3.52. The fourth-order valence-electron chi connectivity index (χ4n) is 1.37. The molecule has 0 atom stereocenters. The zero-order valence-electron chi connectivity index (χ0n) is 8.94. The lowest BCUT2D eigenvalue weighted by Gasteiger charge is -2.08. The summed E-state index contributed by atoms with van der Waals surface area (Å²) in [5.41, 5.74) is 3.23. The number of nitrogens with zero attached hydrogens (tertiary/aromatic N) is 2. The summed E-state index contributed by atoms with van der Waals surface area (Å²) in [6.45, 7) is 2.74. The zero-order valence-corrected chi connectivity index (χ0v) is 10.5. The van der Waals surface area contributed by atoms with Crippen LogP contribution in [0.4, 0.5) is 5.69 Å². The fourth-order valence-corrected chi connectivity index (χ4v) is 2.00. The first-order valence-corrected chi connectivity index (χ1v) is 5.80. The number of aromatic nitrogens is 2. The lowest BCUT2D eigenvalue weighted by molar-refractivity contribution is 1.01. The number of aryl methyl sites for hydroxylation is 1. The Morgan fingerprint density at radius 1 is 1.31 bits per heavy atom. The molecule has 0 aliphatic rings. The van der Waals surface area contributed by atoms with Gasteiger partial charge in [0, 0.05) is 22.6 Å². The molecule has 1 aromatic carbocycles. The largest absolute Gasteiger partial charge is 0.378 e. The van der Waals surface area contributed by atoms with E-state index in [4.69, 9.17) is 0 Å². The molecule has 4 heteroatoms. The molecular formula is C12H12BrN3. The molecule has 0 spiro atoms. The van der Waals surface area contributed by atoms with Crippen LogP contribution in [0.2, 0.25) is 0 Å². The van der Waals surface area contributed by atoms with Crippen LogP contribution in [0.3, 0.4) is 0 Å². The molecule has 82 valence electrons. The normalized spacial score (nSPS) is 10.1. The molecule has 2 aromatic rings. The Bertz CT molecular complexity index is 471. The summed E-state index contributed by atoms with van der Waals surface area (Å²) in [6.07, 6.45) is 5.13. The van der Waals surface area contributed by atoms with Crippen LogP contribution in [0.1, 0.15) is 11.3 Å². The van der Waals surface area contributed by atoms with Crippen molar-refractivity contribution in [1.29, 1.82) is 0 Å². The third kappa shape index (κ3) is 2.79. The highest BCUT2D eigenvalue weighted by atomic mass is 79.9. The Morgan fingerprint density at radius 3 is 2.88 bits per heavy atom. The molecule has 0 saturated carbocycles. The highest BCUT2D eigenvalue weighted by molar-refractivity contribution is 9.10. The van der Waals surface area contributed by atoms with Crippen LogP contribution in [0, 0.1) is 6.92 Å². The van der Waals surface area contributed by atoms with Crippen LogP contribution in [0.5, 0.6) is 0 Å². The second-order valence-electron chi connectivity index (χ2n) is 3.53. The number of anilines is 1. The summed E-state index contributed by atoms with van der Waals surface area (Å²) in [5, 5.41) is 3.31. The Morgan fingerprint density at radius 2 is 2.19 bits per heavy atom. The molecule has 1 heterocycles. The van der Waals surface area contributed by atoms with E-state index in [0.29, 0.717) is 6.54 Å². The highest BCUT2D eigenvalue weighted by Gasteiger charge is 2.00. The minimum absolute atomic E-state index is 0.676. The van der Waals surface area contributed by atoms with Gasteiger partial charge in [-0.15, -0.1) is 0 Å². The van der Waals surface area contributed by atoms with Crippen LogP contribution < -0.4 is 5.32 Å². The average molecular weight is 278 g/mol. The van der Waals surface area contributed by atoms with Crippen LogP contribution >= 0.6 is 15.9 Å². The van der Waals surface area contributed by atoms with E-state index in [0.717, 1.165) is 15.9 Å². The minimum atomic E-state index is 0.676. The Balaban J connectivity index is 2.05. The summed E-state index contributed by atoms with van der Waals surface area (Å²) in [6, 6.07) is 6.21. The molecule has 1 N–H and O–H groups in total. The van der Waals surface area contributed by atoms with Gasteiger partial charge < -0.3 is 5.32 Å². The average Bonchev–Trinajstić information content (AvgIpc) is 2.29. The molecule has 0 fully saturated rings. The molecule has 3 nitrogen and oxygen atoms in total. The van der Waals surface area contributed by atoms with Crippen molar-refractivity contribution in [3.05, 3.63) is 52.5 Å². The number of hydrogen-bond acceptors (Lipinski definition) is 3. The molecule has 0 aliphatic heterocycles. The van der Waals surface area contributed by atoms with Gasteiger partial charge in [0.05, 0.1) is 18.4 Å². The van der Waals surface area contributed by atoms with Gasteiger partial charge in [0.25, 0.3) is 0 Å². The minimum Gasteiger partial charge on any atom is -0.378 e. The van der Waals surface area contributed by atoms with Crippen molar-refractivity contribution in [2.75, 3.05) is 5.32 Å². The van der Waals surface area contributed by atoms with Crippen molar-refractivity contribution in [2.45, 2.75) is 13.5 Å². The molecule has 0 unspecified atom stereocenters. The molecule has 2 rings (SSSR count). The van der Waals surface area contributed by atoms with Crippen molar-refractivity contribution < 1.29 is 0 Å². The number of hydrogen-bond donors (Lipinski definition) is 1. The summed E-state index contributed by atoms with van der Waals surface area (Å²) in [7, 11) is 0. The Kier molecular flexibility index (Phi) is 3.51. The summed E-state index contributed by atoms with van der Waals surface area (Å²) in [4.78, 5) is 8.22. The SMILES string of the molecule is Cc1ccc(NCc2cnccn2)c(Br)c1. The molecule has 0 radical (unpaired) electrons. The van der Waals surface area contributed by atoms with E-state index in [-0.39, 0.29) is 0 Å². The molecule has 0 amide bonds. The van der Waals surface area contributed by atoms with Crippen molar-refractivity contribution in [1.82, 2.24) is 9.97 Å². The van der Waals surface area contributed by atoms with Crippen LogP contribution in [-0.4, -0.2) is 9.97 Å². The smallest absolute Gasteiger partial charge is 0.0777 e. The maximum atomic E-state index is 4.20. The topological polar surface area (TPSA) is 37.8 Å². The number of rotatable bonds is 3. The van der Waals surface area contributed by atoms with E-state index in [1.165, 1.54) is 5.56 Å². The Labute approximate surface area is 103 Å². The maximum absolute atomic E-state index is 4.20. The monoisotopic (exact) mass is 277 g/mol. The highest BCUT2D eigenvalue weighted by Crippen LogP contribution is 2.23. The van der Waals surface area contributed by atoms with Gasteiger partial charge in [-0.25, -0.2) is 0 Å². The maximum Gasteiger partial charge on any atom is 0.0777 e. The van der Waals surface area contributed by atoms with Gasteiger partial charge in [0.2, 0.25) is 0 Å². The molecule has 1 aromatic heterocycles. The lowest BCUT2D eigenvalue weighted by Crippen LogP contribution is -2.02. The first kappa shape index (κ1) is 11.1. The Hall–Kier alpha value is -1.42. The standard InChI is InChI=1S/C12H12BrN3/c1-9-2-3-12(11(13)6-9)16-8-10-7-14-4-5-15-10/h2-7,16H,8H2,1H3. The van der Waals surface area contributed by atoms with Crippen molar-refractivity contribution in [3.8, 4) is 0 Å². The second-order valence-corrected chi connectivity index (χ2v) is 4.39. The van der Waals surface area contributed by atoms with Crippen LogP contribution in [0.25, 0.3) is 0 Å². The van der Waals surface area contributed by atoms with Gasteiger partial charge in [-0.2, -0.15) is 0 Å². The predicted molar refractivity (Wildman–Crippen MR) is 68.2 cm³/mol. The van der Waals surface area contributed by atoms with Crippen LogP contribution in [-0.2, 0) is 6.54 Å². The molecule has 0 bridgehead atoms. The van der Waals surface area contributed by atoms with Gasteiger partial charge in [-0.1, -0.05) is 6.07 Å². The third-order valence-electron chi connectivity index (χ3n) is 2.20. The predicted octanol–water partition coefficient (Wildman–Crippen LogP) is 3.16. The first-order chi connectivity index (χ1) is 7.75. The van der Waals surface area contributed by atoms with E-state index in [1.807, 2.05) is 0 Å². The number of benzene rings is 1. The summed E-state index contributed by atoms with van der Waals surface area (Å²) < 4.78 is 1.07. The second kappa shape index (κ2) is 5.07. The molecule has 0 saturated heterocycles. The van der Waals surface area contributed by atoms with E-state index in [1.54, 1.807) is 18.6 Å². The van der Waals surface area contributed by atoms with Gasteiger partial charge in [0.15, 0.2) is 0 Å². The van der Waals surface area contributed by atoms with Gasteiger partial charge in [-0.3, -0.25) is 9.97 Å². The van der Waals surface area contributed by atoms with E-state index < -0.39 is 0 Å². The van der Waals surface area contributed by atoms with E-state index >= 15 is 0 Å². The van der Waals surface area contributed by atoms with E-state index in [2.05, 4.69) is 56.3 Å².